The van der Waals surface area contributed by atoms with Crippen molar-refractivity contribution in [3.63, 3.8) is 0 Å². The number of nitrogens with zero attached hydrogens (tertiary/aromatic N) is 1. The van der Waals surface area contributed by atoms with Crippen LogP contribution in [0.5, 0.6) is 0 Å². The van der Waals surface area contributed by atoms with Gasteiger partial charge in [-0.15, -0.1) is 0 Å². The first-order chi connectivity index (χ1) is 11.8. The lowest BCUT2D eigenvalue weighted by molar-refractivity contribution is 0.287. The minimum absolute atomic E-state index is 0.456. The lowest BCUT2D eigenvalue weighted by Crippen LogP contribution is -2.36. The van der Waals surface area contributed by atoms with Crippen molar-refractivity contribution in [1.29, 1.82) is 0 Å². The van der Waals surface area contributed by atoms with Crippen molar-refractivity contribution < 1.29 is 0 Å². The molecule has 1 aliphatic heterocycles. The first-order valence-corrected chi connectivity index (χ1v) is 9.05. The van der Waals surface area contributed by atoms with E-state index in [0.717, 1.165) is 25.8 Å². The zero-order chi connectivity index (χ0) is 16.8. The van der Waals surface area contributed by atoms with Crippen LogP contribution in [0.3, 0.4) is 0 Å². The Morgan fingerprint density at radius 2 is 1.42 bits per heavy atom. The van der Waals surface area contributed by atoms with E-state index in [4.69, 9.17) is 0 Å². The minimum atomic E-state index is 0.456. The molecule has 1 aliphatic rings. The highest BCUT2D eigenvalue weighted by Gasteiger charge is 2.24. The summed E-state index contributed by atoms with van der Waals surface area (Å²) in [5.41, 5.74) is 5.90. The second-order valence-electron chi connectivity index (χ2n) is 6.44. The molecular formula is C23H27N. The Morgan fingerprint density at radius 3 is 2.00 bits per heavy atom. The molecule has 1 atom stereocenters. The molecule has 0 radical (unpaired) electrons. The highest BCUT2D eigenvalue weighted by atomic mass is 15.1. The summed E-state index contributed by atoms with van der Waals surface area (Å²) in [5.74, 6) is 0. The minimum Gasteiger partial charge on any atom is -0.366 e. The van der Waals surface area contributed by atoms with E-state index in [9.17, 15) is 0 Å². The SMILES string of the molecule is CCC1=C(CC)C(Cc2ccccc2)N(Cc2ccccc2)C=C1. The van der Waals surface area contributed by atoms with Gasteiger partial charge in [0.1, 0.15) is 0 Å². The molecule has 0 bridgehead atoms. The third kappa shape index (κ3) is 3.79. The molecule has 1 nitrogen and oxygen atoms in total. The zero-order valence-electron chi connectivity index (χ0n) is 14.8. The fraction of sp³-hybridized carbons (Fsp3) is 0.304. The Kier molecular flexibility index (Phi) is 5.53. The molecule has 0 aliphatic carbocycles. The maximum absolute atomic E-state index is 2.51. The van der Waals surface area contributed by atoms with Crippen LogP contribution >= 0.6 is 0 Å². The van der Waals surface area contributed by atoms with Gasteiger partial charge >= 0.3 is 0 Å². The third-order valence-corrected chi connectivity index (χ3v) is 4.92. The van der Waals surface area contributed by atoms with Crippen molar-refractivity contribution in [2.75, 3.05) is 0 Å². The summed E-state index contributed by atoms with van der Waals surface area (Å²) < 4.78 is 0. The van der Waals surface area contributed by atoms with Crippen LogP contribution in [0.2, 0.25) is 0 Å². The van der Waals surface area contributed by atoms with Crippen LogP contribution in [-0.2, 0) is 13.0 Å². The topological polar surface area (TPSA) is 3.24 Å². The maximum Gasteiger partial charge on any atom is 0.0546 e. The Labute approximate surface area is 146 Å². The number of hydrogen-bond acceptors (Lipinski definition) is 1. The molecule has 1 unspecified atom stereocenters. The van der Waals surface area contributed by atoms with E-state index in [0.29, 0.717) is 6.04 Å². The molecular weight excluding hydrogens is 290 g/mol. The molecule has 0 saturated heterocycles. The number of benzene rings is 2. The summed E-state index contributed by atoms with van der Waals surface area (Å²) in [7, 11) is 0. The van der Waals surface area contributed by atoms with Crippen LogP contribution in [0.1, 0.15) is 37.8 Å². The number of allylic oxidation sites excluding steroid dienone is 2. The van der Waals surface area contributed by atoms with Gasteiger partial charge in [-0.3, -0.25) is 0 Å². The van der Waals surface area contributed by atoms with E-state index < -0.39 is 0 Å². The fourth-order valence-corrected chi connectivity index (χ4v) is 3.65. The van der Waals surface area contributed by atoms with Crippen LogP contribution in [0.25, 0.3) is 0 Å². The first kappa shape index (κ1) is 16.6. The van der Waals surface area contributed by atoms with Gasteiger partial charge < -0.3 is 4.90 Å². The van der Waals surface area contributed by atoms with Gasteiger partial charge in [-0.25, -0.2) is 0 Å². The normalized spacial score (nSPS) is 17.4. The molecule has 1 heterocycles. The Hall–Kier alpha value is -2.28. The Morgan fingerprint density at radius 1 is 0.792 bits per heavy atom. The summed E-state index contributed by atoms with van der Waals surface area (Å²) in [6.45, 7) is 5.53. The van der Waals surface area contributed by atoms with Crippen LogP contribution in [0.15, 0.2) is 84.1 Å². The van der Waals surface area contributed by atoms with Crippen LogP contribution in [0.4, 0.5) is 0 Å². The molecule has 24 heavy (non-hydrogen) atoms. The van der Waals surface area contributed by atoms with Gasteiger partial charge in [0.2, 0.25) is 0 Å². The van der Waals surface area contributed by atoms with E-state index in [1.807, 2.05) is 0 Å². The molecule has 0 aromatic heterocycles. The second kappa shape index (κ2) is 8.01. The molecule has 0 fully saturated rings. The van der Waals surface area contributed by atoms with Gasteiger partial charge in [-0.1, -0.05) is 74.5 Å². The average molecular weight is 317 g/mol. The molecule has 0 saturated carbocycles. The van der Waals surface area contributed by atoms with Crippen LogP contribution in [-0.4, -0.2) is 10.9 Å². The van der Waals surface area contributed by atoms with Gasteiger partial charge in [-0.2, -0.15) is 0 Å². The van der Waals surface area contributed by atoms with E-state index in [1.54, 1.807) is 5.57 Å². The molecule has 0 amide bonds. The van der Waals surface area contributed by atoms with Crippen molar-refractivity contribution in [1.82, 2.24) is 4.90 Å². The van der Waals surface area contributed by atoms with Crippen molar-refractivity contribution >= 4 is 0 Å². The quantitative estimate of drug-likeness (QED) is 0.656. The summed E-state index contributed by atoms with van der Waals surface area (Å²) in [4.78, 5) is 2.51. The van der Waals surface area contributed by atoms with Crippen LogP contribution in [0, 0.1) is 0 Å². The molecule has 3 rings (SSSR count). The van der Waals surface area contributed by atoms with Gasteiger partial charge in [0.15, 0.2) is 0 Å². The van der Waals surface area contributed by atoms with Crippen molar-refractivity contribution in [2.24, 2.45) is 0 Å². The Balaban J connectivity index is 1.89. The predicted molar refractivity (Wildman–Crippen MR) is 103 cm³/mol. The second-order valence-corrected chi connectivity index (χ2v) is 6.44. The molecule has 2 aromatic carbocycles. The highest BCUT2D eigenvalue weighted by molar-refractivity contribution is 5.35. The third-order valence-electron chi connectivity index (χ3n) is 4.92. The molecule has 0 spiro atoms. The number of hydrogen-bond donors (Lipinski definition) is 0. The molecule has 124 valence electrons. The molecule has 0 N–H and O–H groups in total. The van der Waals surface area contributed by atoms with E-state index in [1.165, 1.54) is 16.7 Å². The average Bonchev–Trinajstić information content (AvgIpc) is 2.64. The van der Waals surface area contributed by atoms with Crippen molar-refractivity contribution in [3.05, 3.63) is 95.2 Å². The standard InChI is InChI=1S/C23H27N/c1-3-21-15-16-24(18-20-13-9-6-10-14-20)23(22(21)4-2)17-19-11-7-5-8-12-19/h5-16,23H,3-4,17-18H2,1-2H3. The van der Waals surface area contributed by atoms with Gasteiger partial charge in [0.25, 0.3) is 0 Å². The lowest BCUT2D eigenvalue weighted by Gasteiger charge is -2.37. The summed E-state index contributed by atoms with van der Waals surface area (Å²) in [6, 6.07) is 22.1. The monoisotopic (exact) mass is 317 g/mol. The van der Waals surface area contributed by atoms with Gasteiger partial charge in [-0.05, 0) is 47.6 Å². The Bertz CT molecular complexity index is 697. The predicted octanol–water partition coefficient (Wildman–Crippen LogP) is 5.74. The van der Waals surface area contributed by atoms with Crippen molar-refractivity contribution in [2.45, 2.75) is 45.7 Å². The van der Waals surface area contributed by atoms with Crippen LogP contribution < -0.4 is 0 Å². The largest absolute Gasteiger partial charge is 0.366 e. The van der Waals surface area contributed by atoms with E-state index >= 15 is 0 Å². The maximum atomic E-state index is 2.51. The van der Waals surface area contributed by atoms with Gasteiger partial charge in [0, 0.05) is 12.7 Å². The number of rotatable bonds is 6. The smallest absolute Gasteiger partial charge is 0.0546 e. The van der Waals surface area contributed by atoms with E-state index in [2.05, 4.69) is 91.7 Å². The highest BCUT2D eigenvalue weighted by Crippen LogP contribution is 2.30. The molecule has 1 heteroatoms. The summed E-state index contributed by atoms with van der Waals surface area (Å²) in [5, 5.41) is 0. The molecule has 2 aromatic rings. The zero-order valence-corrected chi connectivity index (χ0v) is 14.8. The lowest BCUT2D eigenvalue weighted by atomic mass is 9.88. The van der Waals surface area contributed by atoms with E-state index in [-0.39, 0.29) is 0 Å². The van der Waals surface area contributed by atoms with Crippen molar-refractivity contribution in [3.8, 4) is 0 Å². The van der Waals surface area contributed by atoms with Gasteiger partial charge in [0.05, 0.1) is 6.04 Å². The fourth-order valence-electron chi connectivity index (χ4n) is 3.65. The summed E-state index contributed by atoms with van der Waals surface area (Å²) in [6.07, 6.45) is 7.94. The summed E-state index contributed by atoms with van der Waals surface area (Å²) >= 11 is 0. The first-order valence-electron chi connectivity index (χ1n) is 9.05.